The first-order valence-corrected chi connectivity index (χ1v) is 11.9. The molecule has 0 radical (unpaired) electrons. The maximum absolute atomic E-state index is 12.5. The standard InChI is InChI=1S/C20H31NO3Si/c1-20(2,3)25(5,6)24-18-11-7-15(8-12-18)19(22)21-16-9-13-17(23-4)14-10-16/h9-11,13-15H,7-8,12H2,1-6H3,(H,21,22). The highest BCUT2D eigenvalue weighted by Gasteiger charge is 2.39. The Labute approximate surface area is 152 Å². The van der Waals surface area contributed by atoms with Crippen LogP contribution in [0, 0.1) is 5.92 Å². The van der Waals surface area contributed by atoms with Gasteiger partial charge in [0.05, 0.1) is 12.9 Å². The van der Waals surface area contributed by atoms with Crippen LogP contribution in [0.3, 0.4) is 0 Å². The fourth-order valence-corrected chi connectivity index (χ4v) is 3.69. The molecule has 1 atom stereocenters. The highest BCUT2D eigenvalue weighted by Crippen LogP contribution is 2.39. The van der Waals surface area contributed by atoms with Gasteiger partial charge in [0.1, 0.15) is 5.75 Å². The second-order valence-corrected chi connectivity index (χ2v) is 12.9. The topological polar surface area (TPSA) is 47.6 Å². The van der Waals surface area contributed by atoms with Gasteiger partial charge in [-0.3, -0.25) is 4.79 Å². The normalized spacial score (nSPS) is 18.3. The van der Waals surface area contributed by atoms with E-state index in [1.54, 1.807) is 7.11 Å². The molecule has 0 aromatic heterocycles. The fraction of sp³-hybridized carbons (Fsp3) is 0.550. The van der Waals surface area contributed by atoms with Crippen LogP contribution < -0.4 is 10.1 Å². The summed E-state index contributed by atoms with van der Waals surface area (Å²) in [5.41, 5.74) is 0.804. The quantitative estimate of drug-likeness (QED) is 0.720. The monoisotopic (exact) mass is 361 g/mol. The van der Waals surface area contributed by atoms with Crippen LogP contribution in [0.4, 0.5) is 5.69 Å². The van der Waals surface area contributed by atoms with Crippen LogP contribution in [0.2, 0.25) is 18.1 Å². The predicted octanol–water partition coefficient (Wildman–Crippen LogP) is 5.34. The number of hydrogen-bond acceptors (Lipinski definition) is 3. The fourth-order valence-electron chi connectivity index (χ4n) is 2.54. The average molecular weight is 362 g/mol. The van der Waals surface area contributed by atoms with Crippen molar-refractivity contribution < 1.29 is 14.0 Å². The number of hydrogen-bond donors (Lipinski definition) is 1. The van der Waals surface area contributed by atoms with Crippen molar-refractivity contribution in [3.05, 3.63) is 36.1 Å². The van der Waals surface area contributed by atoms with Gasteiger partial charge in [-0.1, -0.05) is 20.8 Å². The average Bonchev–Trinajstić information content (AvgIpc) is 2.55. The van der Waals surface area contributed by atoms with Gasteiger partial charge < -0.3 is 14.5 Å². The van der Waals surface area contributed by atoms with Crippen molar-refractivity contribution in [2.24, 2.45) is 5.92 Å². The van der Waals surface area contributed by atoms with Crippen LogP contribution in [0.1, 0.15) is 40.0 Å². The molecule has 2 rings (SSSR count). The number of carbonyl (C=O) groups is 1. The number of anilines is 1. The number of benzene rings is 1. The van der Waals surface area contributed by atoms with Gasteiger partial charge in [-0.15, -0.1) is 0 Å². The van der Waals surface area contributed by atoms with E-state index >= 15 is 0 Å². The number of carbonyl (C=O) groups excluding carboxylic acids is 1. The molecule has 1 aromatic rings. The summed E-state index contributed by atoms with van der Waals surface area (Å²) in [6.45, 7) is 11.3. The van der Waals surface area contributed by atoms with Gasteiger partial charge in [0.25, 0.3) is 0 Å². The van der Waals surface area contributed by atoms with E-state index < -0.39 is 8.32 Å². The molecule has 138 valence electrons. The summed E-state index contributed by atoms with van der Waals surface area (Å²) >= 11 is 0. The summed E-state index contributed by atoms with van der Waals surface area (Å²) in [5.74, 6) is 1.94. The van der Waals surface area contributed by atoms with E-state index in [4.69, 9.17) is 9.16 Å². The van der Waals surface area contributed by atoms with E-state index in [9.17, 15) is 4.79 Å². The molecule has 1 aromatic carbocycles. The molecule has 4 nitrogen and oxygen atoms in total. The maximum Gasteiger partial charge on any atom is 0.250 e. The molecule has 0 aliphatic heterocycles. The summed E-state index contributed by atoms with van der Waals surface area (Å²) in [6, 6.07) is 7.42. The van der Waals surface area contributed by atoms with Crippen LogP contribution >= 0.6 is 0 Å². The van der Waals surface area contributed by atoms with E-state index in [0.717, 1.165) is 36.5 Å². The first-order chi connectivity index (χ1) is 11.6. The van der Waals surface area contributed by atoms with Crippen LogP contribution in [-0.2, 0) is 9.22 Å². The minimum absolute atomic E-state index is 0.00821. The molecule has 1 aliphatic rings. The Kier molecular flexibility index (Phi) is 5.98. The lowest BCUT2D eigenvalue weighted by Crippen LogP contribution is -2.40. The van der Waals surface area contributed by atoms with Gasteiger partial charge in [-0.05, 0) is 61.3 Å². The minimum Gasteiger partial charge on any atom is -0.547 e. The highest BCUT2D eigenvalue weighted by molar-refractivity contribution is 6.74. The Hall–Kier alpha value is -1.75. The smallest absolute Gasteiger partial charge is 0.250 e. The molecule has 0 saturated carbocycles. The lowest BCUT2D eigenvalue weighted by Gasteiger charge is -2.38. The highest BCUT2D eigenvalue weighted by atomic mass is 28.4. The van der Waals surface area contributed by atoms with Crippen molar-refractivity contribution in [2.45, 2.75) is 58.2 Å². The third kappa shape index (κ3) is 5.11. The molecule has 0 spiro atoms. The molecular formula is C20H31NO3Si. The molecular weight excluding hydrogens is 330 g/mol. The van der Waals surface area contributed by atoms with Crippen molar-refractivity contribution in [3.63, 3.8) is 0 Å². The summed E-state index contributed by atoms with van der Waals surface area (Å²) in [4.78, 5) is 12.5. The van der Waals surface area contributed by atoms with E-state index in [2.05, 4.69) is 45.3 Å². The molecule has 1 unspecified atom stereocenters. The molecule has 5 heteroatoms. The van der Waals surface area contributed by atoms with Gasteiger partial charge in [-0.25, -0.2) is 0 Å². The molecule has 25 heavy (non-hydrogen) atoms. The number of ether oxygens (including phenoxy) is 1. The zero-order chi connectivity index (χ0) is 18.7. The predicted molar refractivity (Wildman–Crippen MR) is 105 cm³/mol. The molecule has 1 amide bonds. The van der Waals surface area contributed by atoms with Crippen LogP contribution in [0.15, 0.2) is 36.1 Å². The van der Waals surface area contributed by atoms with Gasteiger partial charge >= 0.3 is 0 Å². The largest absolute Gasteiger partial charge is 0.547 e. The number of nitrogens with one attached hydrogen (secondary N) is 1. The molecule has 1 aliphatic carbocycles. The number of rotatable bonds is 5. The number of amides is 1. The Morgan fingerprint density at radius 3 is 2.32 bits per heavy atom. The van der Waals surface area contributed by atoms with Crippen molar-refractivity contribution >= 4 is 19.9 Å². The molecule has 1 N–H and O–H groups in total. The van der Waals surface area contributed by atoms with E-state index in [1.807, 2.05) is 24.3 Å². The van der Waals surface area contributed by atoms with Gasteiger partial charge in [0.2, 0.25) is 14.2 Å². The van der Waals surface area contributed by atoms with E-state index in [1.165, 1.54) is 0 Å². The Morgan fingerprint density at radius 1 is 1.20 bits per heavy atom. The van der Waals surface area contributed by atoms with Crippen molar-refractivity contribution in [1.82, 2.24) is 0 Å². The van der Waals surface area contributed by atoms with Crippen molar-refractivity contribution in [3.8, 4) is 5.75 Å². The first kappa shape index (κ1) is 19.6. The number of methoxy groups -OCH3 is 1. The Morgan fingerprint density at radius 2 is 1.84 bits per heavy atom. The second-order valence-electron chi connectivity index (χ2n) is 8.22. The Balaban J connectivity index is 1.91. The third-order valence-corrected chi connectivity index (χ3v) is 9.67. The summed E-state index contributed by atoms with van der Waals surface area (Å²) in [6.07, 6.45) is 4.53. The van der Waals surface area contributed by atoms with E-state index in [0.29, 0.717) is 0 Å². The third-order valence-electron chi connectivity index (χ3n) is 5.29. The Bertz CT molecular complexity index is 629. The molecule has 0 fully saturated rings. The summed E-state index contributed by atoms with van der Waals surface area (Å²) < 4.78 is 11.5. The van der Waals surface area contributed by atoms with Gasteiger partial charge in [0.15, 0.2) is 0 Å². The second kappa shape index (κ2) is 7.64. The van der Waals surface area contributed by atoms with Crippen molar-refractivity contribution in [2.75, 3.05) is 12.4 Å². The lowest BCUT2D eigenvalue weighted by atomic mass is 9.92. The molecule has 0 heterocycles. The summed E-state index contributed by atoms with van der Waals surface area (Å²) in [7, 11) is -0.162. The van der Waals surface area contributed by atoms with Gasteiger partial charge in [0, 0.05) is 18.0 Å². The first-order valence-electron chi connectivity index (χ1n) is 8.95. The molecule has 0 saturated heterocycles. The zero-order valence-electron chi connectivity index (χ0n) is 16.3. The van der Waals surface area contributed by atoms with Crippen molar-refractivity contribution in [1.29, 1.82) is 0 Å². The van der Waals surface area contributed by atoms with Gasteiger partial charge in [-0.2, -0.15) is 0 Å². The van der Waals surface area contributed by atoms with Crippen LogP contribution in [0.25, 0.3) is 0 Å². The number of allylic oxidation sites excluding steroid dienone is 2. The van der Waals surface area contributed by atoms with E-state index in [-0.39, 0.29) is 16.9 Å². The maximum atomic E-state index is 12.5. The molecule has 0 bridgehead atoms. The zero-order valence-corrected chi connectivity index (χ0v) is 17.3. The SMILES string of the molecule is COc1ccc(NC(=O)C2CC=C(O[Si](C)(C)C(C)(C)C)CC2)cc1. The van der Waals surface area contributed by atoms with Crippen LogP contribution in [0.5, 0.6) is 5.75 Å². The summed E-state index contributed by atoms with van der Waals surface area (Å²) in [5, 5.41) is 3.19. The van der Waals surface area contributed by atoms with Crippen LogP contribution in [-0.4, -0.2) is 21.3 Å². The minimum atomic E-state index is -1.79. The lowest BCUT2D eigenvalue weighted by molar-refractivity contribution is -0.120.